The number of ether oxygens (including phenoxy) is 3. The number of fused-ring (bicyclic) bond motifs is 2. The van der Waals surface area contributed by atoms with E-state index in [-0.39, 0.29) is 50.4 Å². The molecule has 14 nitrogen and oxygen atoms in total. The number of aromatic nitrogens is 1. The Bertz CT molecular complexity index is 2540. The molecule has 0 amide bonds. The number of pyridine rings is 1. The topological polar surface area (TPSA) is 149 Å². The van der Waals surface area contributed by atoms with E-state index in [9.17, 15) is 9.13 Å². The van der Waals surface area contributed by atoms with Gasteiger partial charge in [0, 0.05) is 29.1 Å². The van der Waals surface area contributed by atoms with Gasteiger partial charge in [-0.3, -0.25) is 9.05 Å². The number of phosphoric acid groups is 2. The van der Waals surface area contributed by atoms with Crippen LogP contribution in [0.2, 0.25) is 0 Å². The zero-order valence-electron chi connectivity index (χ0n) is 32.7. The molecule has 6 aromatic carbocycles. The molecule has 0 spiro atoms. The first kappa shape index (κ1) is 41.7. The van der Waals surface area contributed by atoms with E-state index >= 15 is 0 Å². The van der Waals surface area contributed by atoms with Crippen molar-refractivity contribution in [2.45, 2.75) is 26.4 Å². The van der Waals surface area contributed by atoms with Crippen molar-refractivity contribution < 1.29 is 60.6 Å². The van der Waals surface area contributed by atoms with Crippen LogP contribution in [0.4, 0.5) is 0 Å². The lowest BCUT2D eigenvalue weighted by Crippen LogP contribution is -2.06. The summed E-state index contributed by atoms with van der Waals surface area (Å²) in [5, 5.41) is 0.360. The molecule has 312 valence electrons. The highest BCUT2D eigenvalue weighted by Gasteiger charge is 2.35. The molecule has 0 saturated carbocycles. The third kappa shape index (κ3) is 11.2. The quantitative estimate of drug-likeness (QED) is 0.0406. The summed E-state index contributed by atoms with van der Waals surface area (Å²) in [7, 11) is -7.56. The SMILES string of the molecule is COc1cc(OP(=O)(OCc2ccccc2)OCc2ccccc2)cc(-c2cc(OP(=O)(OOCc3ccccc3)OOCc3ccccc3)c3cc4c(cc3n2)OCO4)c1. The zero-order valence-corrected chi connectivity index (χ0v) is 34.5. The lowest BCUT2D eigenvalue weighted by Gasteiger charge is -2.20. The van der Waals surface area contributed by atoms with Crippen LogP contribution in [0, 0.1) is 0 Å². The second-order valence-electron chi connectivity index (χ2n) is 13.4. The van der Waals surface area contributed by atoms with Gasteiger partial charge in [0.25, 0.3) is 0 Å². The number of methoxy groups -OCH3 is 1. The van der Waals surface area contributed by atoms with Crippen LogP contribution in [0.3, 0.4) is 0 Å². The van der Waals surface area contributed by atoms with Crippen molar-refractivity contribution in [2.24, 2.45) is 0 Å². The van der Waals surface area contributed by atoms with Crippen molar-refractivity contribution in [3.63, 3.8) is 0 Å². The van der Waals surface area contributed by atoms with Crippen molar-refractivity contribution >= 4 is 26.5 Å². The third-order valence-corrected chi connectivity index (χ3v) is 11.3. The second kappa shape index (κ2) is 19.6. The average molecular weight is 864 g/mol. The Morgan fingerprint density at radius 2 is 1.03 bits per heavy atom. The Balaban J connectivity index is 1.13. The molecule has 0 N–H and O–H groups in total. The maximum Gasteiger partial charge on any atom is 0.585 e. The largest absolute Gasteiger partial charge is 0.585 e. The van der Waals surface area contributed by atoms with E-state index in [1.807, 2.05) is 121 Å². The first-order valence-corrected chi connectivity index (χ1v) is 21.8. The number of hydrogen-bond donors (Lipinski definition) is 0. The number of phosphoric ester groups is 1. The van der Waals surface area contributed by atoms with Crippen molar-refractivity contribution in [1.82, 2.24) is 4.98 Å². The van der Waals surface area contributed by atoms with E-state index in [0.717, 1.165) is 22.3 Å². The van der Waals surface area contributed by atoms with Crippen LogP contribution in [-0.2, 0) is 63.7 Å². The maximum absolute atomic E-state index is 14.4. The molecule has 0 aliphatic carbocycles. The van der Waals surface area contributed by atoms with Crippen LogP contribution in [0.25, 0.3) is 22.2 Å². The highest BCUT2D eigenvalue weighted by atomic mass is 31.2. The Kier molecular flexibility index (Phi) is 13.4. The van der Waals surface area contributed by atoms with Gasteiger partial charge < -0.3 is 23.3 Å². The van der Waals surface area contributed by atoms with Crippen molar-refractivity contribution in [3.05, 3.63) is 180 Å². The van der Waals surface area contributed by atoms with E-state index in [1.165, 1.54) is 19.2 Å². The molecule has 8 rings (SSSR count). The first-order chi connectivity index (χ1) is 29.8. The number of hydrogen-bond acceptors (Lipinski definition) is 14. The van der Waals surface area contributed by atoms with E-state index in [0.29, 0.717) is 33.7 Å². The molecule has 16 heteroatoms. The van der Waals surface area contributed by atoms with E-state index < -0.39 is 15.6 Å². The fourth-order valence-corrected chi connectivity index (χ4v) is 8.00. The first-order valence-electron chi connectivity index (χ1n) is 18.9. The molecule has 0 atom stereocenters. The minimum absolute atomic E-state index is 0.0124. The van der Waals surface area contributed by atoms with Crippen molar-refractivity contribution in [1.29, 1.82) is 0 Å². The minimum Gasteiger partial charge on any atom is -0.497 e. The summed E-state index contributed by atoms with van der Waals surface area (Å²) in [5.74, 6) is 1.22. The summed E-state index contributed by atoms with van der Waals surface area (Å²) in [4.78, 5) is 15.7. The van der Waals surface area contributed by atoms with Crippen LogP contribution in [-0.4, -0.2) is 18.9 Å². The van der Waals surface area contributed by atoms with Gasteiger partial charge >= 0.3 is 15.6 Å². The molecule has 0 saturated heterocycles. The molecule has 1 aliphatic heterocycles. The van der Waals surface area contributed by atoms with E-state index in [2.05, 4.69) is 0 Å². The summed E-state index contributed by atoms with van der Waals surface area (Å²) in [6.07, 6.45) is 0. The fraction of sp³-hybridized carbons (Fsp3) is 0.133. The van der Waals surface area contributed by atoms with Gasteiger partial charge in [-0.2, -0.15) is 0 Å². The third-order valence-electron chi connectivity index (χ3n) is 8.99. The summed E-state index contributed by atoms with van der Waals surface area (Å²) in [6.45, 7) is -0.298. The van der Waals surface area contributed by atoms with E-state index in [4.69, 9.17) is 56.4 Å². The lowest BCUT2D eigenvalue weighted by molar-refractivity contribution is -0.287. The highest BCUT2D eigenvalue weighted by molar-refractivity contribution is 7.49. The molecular formula is C45H39NO13P2. The van der Waals surface area contributed by atoms with Gasteiger partial charge in [-0.25, -0.2) is 23.9 Å². The van der Waals surface area contributed by atoms with Gasteiger partial charge in [0.05, 0.1) is 31.5 Å². The Labute approximate surface area is 351 Å². The molecular weight excluding hydrogens is 824 g/mol. The molecule has 1 aromatic heterocycles. The Hall–Kier alpha value is -6.05. The predicted molar refractivity (Wildman–Crippen MR) is 223 cm³/mol. The van der Waals surface area contributed by atoms with Gasteiger partial charge in [-0.15, -0.1) is 9.35 Å². The van der Waals surface area contributed by atoms with Crippen LogP contribution in [0.5, 0.6) is 28.7 Å². The number of benzene rings is 6. The normalized spacial score (nSPS) is 12.3. The zero-order chi connectivity index (χ0) is 41.9. The summed E-state index contributed by atoms with van der Waals surface area (Å²) in [5.41, 5.74) is 4.03. The molecule has 2 heterocycles. The van der Waals surface area contributed by atoms with Crippen LogP contribution in [0.15, 0.2) is 158 Å². The van der Waals surface area contributed by atoms with Crippen LogP contribution in [0.1, 0.15) is 22.3 Å². The standard InChI is InChI=1S/C45H39NO13P2/c1-49-38-22-37(23-39(24-38)56-60(47,54-30-35-18-10-4-11-19-35)55-31-36-20-12-5-13-21-36)41-26-43(40-25-44-45(51-32-50-44)27-42(40)46-41)57-61(48,58-52-28-33-14-6-2-7-15-33)59-53-29-34-16-8-3-9-17-34/h2-27H,28-32H2,1H3. The van der Waals surface area contributed by atoms with Gasteiger partial charge in [0.15, 0.2) is 11.5 Å². The smallest absolute Gasteiger partial charge is 0.497 e. The number of nitrogens with zero attached hydrogens (tertiary/aromatic N) is 1. The second-order valence-corrected chi connectivity index (χ2v) is 16.3. The van der Waals surface area contributed by atoms with E-state index in [1.54, 1.807) is 24.3 Å². The Morgan fingerprint density at radius 3 is 1.56 bits per heavy atom. The lowest BCUT2D eigenvalue weighted by atomic mass is 10.1. The average Bonchev–Trinajstić information content (AvgIpc) is 3.76. The summed E-state index contributed by atoms with van der Waals surface area (Å²) in [6, 6.07) is 46.3. The summed E-state index contributed by atoms with van der Waals surface area (Å²) >= 11 is 0. The van der Waals surface area contributed by atoms with Crippen molar-refractivity contribution in [3.8, 4) is 40.0 Å². The molecule has 0 bridgehead atoms. The van der Waals surface area contributed by atoms with Gasteiger partial charge in [0.1, 0.15) is 30.5 Å². The molecule has 0 fully saturated rings. The maximum atomic E-state index is 14.4. The van der Waals surface area contributed by atoms with Gasteiger partial charge in [0.2, 0.25) is 6.79 Å². The monoisotopic (exact) mass is 863 g/mol. The highest BCUT2D eigenvalue weighted by Crippen LogP contribution is 2.54. The van der Waals surface area contributed by atoms with Gasteiger partial charge in [-0.05, 0) is 40.5 Å². The molecule has 0 unspecified atom stereocenters. The summed E-state index contributed by atoms with van der Waals surface area (Å²) < 4.78 is 80.5. The van der Waals surface area contributed by atoms with Crippen LogP contribution >= 0.6 is 15.6 Å². The van der Waals surface area contributed by atoms with Crippen molar-refractivity contribution in [2.75, 3.05) is 13.9 Å². The van der Waals surface area contributed by atoms with Gasteiger partial charge in [-0.1, -0.05) is 121 Å². The minimum atomic E-state index is -4.73. The predicted octanol–water partition coefficient (Wildman–Crippen LogP) is 11.3. The fourth-order valence-electron chi connectivity index (χ4n) is 6.00. The Morgan fingerprint density at radius 1 is 0.541 bits per heavy atom. The molecule has 61 heavy (non-hydrogen) atoms. The molecule has 1 aliphatic rings. The van der Waals surface area contributed by atoms with Crippen LogP contribution < -0.4 is 23.3 Å². The molecule has 7 aromatic rings. The number of rotatable bonds is 20. The molecule has 0 radical (unpaired) electrons.